The summed E-state index contributed by atoms with van der Waals surface area (Å²) in [6.07, 6.45) is 4.55. The minimum atomic E-state index is -1.09. The van der Waals surface area contributed by atoms with Crippen LogP contribution in [0.2, 0.25) is 0 Å². The zero-order valence-electron chi connectivity index (χ0n) is 8.20. The molecule has 2 aromatic rings. The van der Waals surface area contributed by atoms with Crippen LogP contribution < -0.4 is 4.74 Å². The number of carboxylic acid groups (broad SMARTS) is 1. The van der Waals surface area contributed by atoms with E-state index in [0.29, 0.717) is 11.5 Å². The number of carboxylic acids is 1. The van der Waals surface area contributed by atoms with Gasteiger partial charge in [0, 0.05) is 18.5 Å². The fourth-order valence-corrected chi connectivity index (χ4v) is 1.14. The molecule has 0 amide bonds. The Morgan fingerprint density at radius 1 is 1.25 bits per heavy atom. The van der Waals surface area contributed by atoms with Crippen molar-refractivity contribution >= 4 is 5.97 Å². The normalized spacial score (nSPS) is 9.75. The van der Waals surface area contributed by atoms with Gasteiger partial charge in [0.2, 0.25) is 0 Å². The monoisotopic (exact) mass is 216 g/mol. The second-order valence-electron chi connectivity index (χ2n) is 2.97. The van der Waals surface area contributed by atoms with Crippen LogP contribution in [-0.2, 0) is 0 Å². The fraction of sp³-hybridized carbons (Fsp3) is 0. The van der Waals surface area contributed by atoms with Crippen LogP contribution in [-0.4, -0.2) is 21.0 Å². The van der Waals surface area contributed by atoms with Crippen molar-refractivity contribution < 1.29 is 14.6 Å². The van der Waals surface area contributed by atoms with Gasteiger partial charge >= 0.3 is 5.97 Å². The van der Waals surface area contributed by atoms with Gasteiger partial charge in [0.15, 0.2) is 5.69 Å². The topological polar surface area (TPSA) is 72.3 Å². The molecule has 80 valence electrons. The first-order valence-electron chi connectivity index (χ1n) is 4.53. The molecule has 0 spiro atoms. The zero-order chi connectivity index (χ0) is 11.4. The quantitative estimate of drug-likeness (QED) is 0.849. The summed E-state index contributed by atoms with van der Waals surface area (Å²) in [5.41, 5.74) is -0.0543. The third-order valence-corrected chi connectivity index (χ3v) is 1.82. The van der Waals surface area contributed by atoms with E-state index in [0.717, 1.165) is 0 Å². The minimum Gasteiger partial charge on any atom is -0.477 e. The van der Waals surface area contributed by atoms with Gasteiger partial charge in [0.25, 0.3) is 0 Å². The first-order valence-corrected chi connectivity index (χ1v) is 4.53. The molecule has 0 fully saturated rings. The van der Waals surface area contributed by atoms with Crippen molar-refractivity contribution in [2.75, 3.05) is 0 Å². The number of ether oxygens (including phenoxy) is 1. The molecule has 0 saturated heterocycles. The maximum absolute atomic E-state index is 10.7. The predicted molar refractivity (Wildman–Crippen MR) is 55.5 cm³/mol. The number of aromatic carboxylic acids is 1. The molecule has 0 aliphatic carbocycles. The number of nitrogens with zero attached hydrogens (tertiary/aromatic N) is 2. The Hall–Kier alpha value is -2.43. The van der Waals surface area contributed by atoms with Gasteiger partial charge in [-0.1, -0.05) is 0 Å². The number of hydrogen-bond acceptors (Lipinski definition) is 4. The third kappa shape index (κ3) is 2.33. The van der Waals surface area contributed by atoms with Gasteiger partial charge in [0.05, 0.1) is 6.20 Å². The van der Waals surface area contributed by atoms with Gasteiger partial charge in [-0.05, 0) is 18.2 Å². The van der Waals surface area contributed by atoms with Crippen molar-refractivity contribution in [3.05, 3.63) is 48.5 Å². The van der Waals surface area contributed by atoms with Crippen molar-refractivity contribution in [1.29, 1.82) is 0 Å². The van der Waals surface area contributed by atoms with Crippen LogP contribution >= 0.6 is 0 Å². The molecule has 0 aliphatic heterocycles. The van der Waals surface area contributed by atoms with Crippen LogP contribution in [0.25, 0.3) is 0 Å². The Morgan fingerprint density at radius 2 is 2.12 bits per heavy atom. The van der Waals surface area contributed by atoms with Gasteiger partial charge in [-0.25, -0.2) is 9.78 Å². The molecule has 1 N–H and O–H groups in total. The standard InChI is InChI=1S/C11H8N2O3/c14-11(15)10-6-8(3-5-13-10)16-9-2-1-4-12-7-9/h1-7H,(H,14,15). The molecule has 0 aliphatic rings. The highest BCUT2D eigenvalue weighted by Crippen LogP contribution is 2.19. The summed E-state index contributed by atoms with van der Waals surface area (Å²) >= 11 is 0. The highest BCUT2D eigenvalue weighted by atomic mass is 16.5. The highest BCUT2D eigenvalue weighted by Gasteiger charge is 2.05. The maximum Gasteiger partial charge on any atom is 0.354 e. The number of carbonyl (C=O) groups is 1. The van der Waals surface area contributed by atoms with Crippen LogP contribution in [0.4, 0.5) is 0 Å². The maximum atomic E-state index is 10.7. The van der Waals surface area contributed by atoms with Crippen LogP contribution in [0.15, 0.2) is 42.9 Å². The second kappa shape index (κ2) is 4.39. The van der Waals surface area contributed by atoms with E-state index in [1.54, 1.807) is 30.6 Å². The molecule has 2 rings (SSSR count). The predicted octanol–water partition coefficient (Wildman–Crippen LogP) is 1.97. The van der Waals surface area contributed by atoms with Gasteiger partial charge in [0.1, 0.15) is 11.5 Å². The number of rotatable bonds is 3. The summed E-state index contributed by atoms with van der Waals surface area (Å²) in [7, 11) is 0. The molecule has 16 heavy (non-hydrogen) atoms. The molecule has 0 aromatic carbocycles. The average molecular weight is 216 g/mol. The van der Waals surface area contributed by atoms with Crippen LogP contribution in [0.1, 0.15) is 10.5 Å². The van der Waals surface area contributed by atoms with Crippen molar-refractivity contribution in [2.45, 2.75) is 0 Å². The van der Waals surface area contributed by atoms with Crippen molar-refractivity contribution in [3.8, 4) is 11.5 Å². The van der Waals surface area contributed by atoms with Gasteiger partial charge in [-0.15, -0.1) is 0 Å². The first-order chi connectivity index (χ1) is 7.75. The molecular formula is C11H8N2O3. The van der Waals surface area contributed by atoms with Gasteiger partial charge in [-0.2, -0.15) is 0 Å². The van der Waals surface area contributed by atoms with E-state index < -0.39 is 5.97 Å². The van der Waals surface area contributed by atoms with Crippen molar-refractivity contribution in [3.63, 3.8) is 0 Å². The zero-order valence-corrected chi connectivity index (χ0v) is 8.20. The van der Waals surface area contributed by atoms with Crippen LogP contribution in [0.3, 0.4) is 0 Å². The summed E-state index contributed by atoms with van der Waals surface area (Å²) in [6.45, 7) is 0. The highest BCUT2D eigenvalue weighted by molar-refractivity contribution is 5.85. The Bertz CT molecular complexity index is 500. The van der Waals surface area contributed by atoms with Crippen molar-refractivity contribution in [1.82, 2.24) is 9.97 Å². The molecule has 5 nitrogen and oxygen atoms in total. The summed E-state index contributed by atoms with van der Waals surface area (Å²) in [4.78, 5) is 18.2. The Balaban J connectivity index is 2.22. The smallest absolute Gasteiger partial charge is 0.354 e. The van der Waals surface area contributed by atoms with Crippen molar-refractivity contribution in [2.24, 2.45) is 0 Å². The van der Waals surface area contributed by atoms with E-state index in [9.17, 15) is 4.79 Å². The minimum absolute atomic E-state index is 0.0543. The molecular weight excluding hydrogens is 208 g/mol. The largest absolute Gasteiger partial charge is 0.477 e. The summed E-state index contributed by atoms with van der Waals surface area (Å²) in [5.74, 6) is -0.123. The third-order valence-electron chi connectivity index (χ3n) is 1.82. The summed E-state index contributed by atoms with van der Waals surface area (Å²) in [5, 5.41) is 8.74. The summed E-state index contributed by atoms with van der Waals surface area (Å²) in [6, 6.07) is 6.40. The van der Waals surface area contributed by atoms with Crippen LogP contribution in [0, 0.1) is 0 Å². The average Bonchev–Trinajstić information content (AvgIpc) is 2.30. The molecule has 2 heterocycles. The fourth-order valence-electron chi connectivity index (χ4n) is 1.14. The SMILES string of the molecule is O=C(O)c1cc(Oc2cccnc2)ccn1. The van der Waals surface area contributed by atoms with Crippen LogP contribution in [0.5, 0.6) is 11.5 Å². The molecule has 0 bridgehead atoms. The molecule has 2 aromatic heterocycles. The van der Waals surface area contributed by atoms with Gasteiger partial charge < -0.3 is 9.84 Å². The molecule has 0 radical (unpaired) electrons. The Kier molecular flexibility index (Phi) is 2.77. The molecule has 5 heteroatoms. The van der Waals surface area contributed by atoms with E-state index in [-0.39, 0.29) is 5.69 Å². The molecule has 0 saturated carbocycles. The number of aromatic nitrogens is 2. The first kappa shape index (κ1) is 10.1. The lowest BCUT2D eigenvalue weighted by Crippen LogP contribution is -1.99. The van der Waals surface area contributed by atoms with E-state index in [4.69, 9.17) is 9.84 Å². The Morgan fingerprint density at radius 3 is 2.81 bits per heavy atom. The summed E-state index contributed by atoms with van der Waals surface area (Å²) < 4.78 is 5.40. The van der Waals surface area contributed by atoms with E-state index >= 15 is 0 Å². The van der Waals surface area contributed by atoms with Gasteiger partial charge in [-0.3, -0.25) is 4.98 Å². The second-order valence-corrected chi connectivity index (χ2v) is 2.97. The lowest BCUT2D eigenvalue weighted by atomic mass is 10.3. The Labute approximate surface area is 91.4 Å². The number of hydrogen-bond donors (Lipinski definition) is 1. The van der Waals surface area contributed by atoms with E-state index in [1.807, 2.05) is 0 Å². The molecule has 0 atom stereocenters. The lowest BCUT2D eigenvalue weighted by molar-refractivity contribution is 0.0690. The van der Waals surface area contributed by atoms with E-state index in [2.05, 4.69) is 9.97 Å². The number of pyridine rings is 2. The lowest BCUT2D eigenvalue weighted by Gasteiger charge is -2.04. The molecule has 0 unspecified atom stereocenters. The van der Waals surface area contributed by atoms with E-state index in [1.165, 1.54) is 12.3 Å².